The van der Waals surface area contributed by atoms with E-state index in [9.17, 15) is 0 Å². The lowest BCUT2D eigenvalue weighted by molar-refractivity contribution is -0.0154. The van der Waals surface area contributed by atoms with Crippen LogP contribution in [-0.4, -0.2) is 38.3 Å². The van der Waals surface area contributed by atoms with Crippen LogP contribution in [0.25, 0.3) is 0 Å². The number of rotatable bonds is 5. The van der Waals surface area contributed by atoms with Gasteiger partial charge in [0.1, 0.15) is 0 Å². The standard InChI is InChI=1S/C11H25NO/c1-8(2)10(12(5)6)11(13-7)9(3)4/h8-11H,1-7H3/t10-,11-/m1/s1. The van der Waals surface area contributed by atoms with E-state index < -0.39 is 0 Å². The molecule has 0 bridgehead atoms. The first-order chi connectivity index (χ1) is 5.91. The molecule has 0 aromatic rings. The maximum atomic E-state index is 5.55. The Morgan fingerprint density at radius 1 is 0.923 bits per heavy atom. The van der Waals surface area contributed by atoms with E-state index in [2.05, 4.69) is 46.7 Å². The summed E-state index contributed by atoms with van der Waals surface area (Å²) in [5, 5.41) is 0. The molecule has 0 aliphatic heterocycles. The Labute approximate surface area is 83.3 Å². The van der Waals surface area contributed by atoms with Gasteiger partial charge in [0.15, 0.2) is 0 Å². The highest BCUT2D eigenvalue weighted by Crippen LogP contribution is 2.20. The van der Waals surface area contributed by atoms with Gasteiger partial charge in [-0.15, -0.1) is 0 Å². The number of hydrogen-bond acceptors (Lipinski definition) is 2. The molecule has 0 heterocycles. The molecule has 0 amide bonds. The molecule has 0 radical (unpaired) electrons. The van der Waals surface area contributed by atoms with Crippen molar-refractivity contribution in [3.8, 4) is 0 Å². The molecule has 2 atom stereocenters. The largest absolute Gasteiger partial charge is 0.380 e. The molecule has 0 rings (SSSR count). The Balaban J connectivity index is 4.49. The molecule has 0 saturated carbocycles. The van der Waals surface area contributed by atoms with Crippen molar-refractivity contribution < 1.29 is 4.74 Å². The summed E-state index contributed by atoms with van der Waals surface area (Å²) in [5.41, 5.74) is 0. The molecule has 2 nitrogen and oxygen atoms in total. The molecule has 0 fully saturated rings. The van der Waals surface area contributed by atoms with Crippen LogP contribution in [0.15, 0.2) is 0 Å². The number of nitrogens with zero attached hydrogens (tertiary/aromatic N) is 1. The second-order valence-electron chi connectivity index (χ2n) is 4.64. The average Bonchev–Trinajstić information content (AvgIpc) is 1.97. The molecule has 0 aromatic carbocycles. The topological polar surface area (TPSA) is 12.5 Å². The molecular weight excluding hydrogens is 162 g/mol. The fourth-order valence-corrected chi connectivity index (χ4v) is 2.08. The van der Waals surface area contributed by atoms with E-state index in [1.165, 1.54) is 0 Å². The summed E-state index contributed by atoms with van der Waals surface area (Å²) in [4.78, 5) is 2.26. The van der Waals surface area contributed by atoms with Crippen molar-refractivity contribution >= 4 is 0 Å². The van der Waals surface area contributed by atoms with Gasteiger partial charge in [-0.1, -0.05) is 27.7 Å². The van der Waals surface area contributed by atoms with Gasteiger partial charge in [-0.3, -0.25) is 0 Å². The number of hydrogen-bond donors (Lipinski definition) is 0. The van der Waals surface area contributed by atoms with Gasteiger partial charge in [0, 0.05) is 13.2 Å². The molecule has 80 valence electrons. The average molecular weight is 187 g/mol. The smallest absolute Gasteiger partial charge is 0.0751 e. The van der Waals surface area contributed by atoms with Gasteiger partial charge in [0.2, 0.25) is 0 Å². The Morgan fingerprint density at radius 2 is 1.38 bits per heavy atom. The van der Waals surface area contributed by atoms with Crippen LogP contribution in [0.3, 0.4) is 0 Å². The predicted molar refractivity (Wildman–Crippen MR) is 57.9 cm³/mol. The molecule has 2 heteroatoms. The summed E-state index contributed by atoms with van der Waals surface area (Å²) in [6.45, 7) is 8.93. The van der Waals surface area contributed by atoms with Crippen LogP contribution in [-0.2, 0) is 4.74 Å². The summed E-state index contributed by atoms with van der Waals surface area (Å²) in [6.07, 6.45) is 0.329. The Kier molecular flexibility index (Phi) is 5.57. The van der Waals surface area contributed by atoms with Gasteiger partial charge < -0.3 is 9.64 Å². The number of ether oxygens (including phenoxy) is 1. The third-order valence-corrected chi connectivity index (χ3v) is 2.55. The maximum Gasteiger partial charge on any atom is 0.0751 e. The van der Waals surface area contributed by atoms with E-state index in [0.29, 0.717) is 24.0 Å². The molecule has 0 spiro atoms. The zero-order valence-corrected chi connectivity index (χ0v) is 10.2. The van der Waals surface area contributed by atoms with Crippen LogP contribution in [0, 0.1) is 11.8 Å². The minimum atomic E-state index is 0.329. The highest BCUT2D eigenvalue weighted by Gasteiger charge is 2.28. The first-order valence-electron chi connectivity index (χ1n) is 5.11. The van der Waals surface area contributed by atoms with E-state index in [1.807, 2.05) is 7.11 Å². The fraction of sp³-hybridized carbons (Fsp3) is 1.00. The van der Waals surface area contributed by atoms with E-state index in [0.717, 1.165) is 0 Å². The van der Waals surface area contributed by atoms with Crippen LogP contribution in [0.4, 0.5) is 0 Å². The summed E-state index contributed by atoms with van der Waals surface area (Å²) in [5.74, 6) is 1.20. The molecule has 0 aliphatic carbocycles. The Morgan fingerprint density at radius 3 is 1.46 bits per heavy atom. The lowest BCUT2D eigenvalue weighted by Crippen LogP contribution is -2.46. The molecule has 0 saturated heterocycles. The molecule has 0 unspecified atom stereocenters. The second kappa shape index (κ2) is 5.61. The van der Waals surface area contributed by atoms with Crippen molar-refractivity contribution in [2.45, 2.75) is 39.8 Å². The maximum absolute atomic E-state index is 5.55. The summed E-state index contributed by atoms with van der Waals surface area (Å²) in [7, 11) is 6.06. The normalized spacial score (nSPS) is 17.1. The lowest BCUT2D eigenvalue weighted by Gasteiger charge is -2.36. The third-order valence-electron chi connectivity index (χ3n) is 2.55. The third kappa shape index (κ3) is 3.65. The summed E-state index contributed by atoms with van der Waals surface area (Å²) < 4.78 is 5.55. The van der Waals surface area contributed by atoms with Gasteiger partial charge in [-0.05, 0) is 25.9 Å². The zero-order valence-electron chi connectivity index (χ0n) is 10.2. The first kappa shape index (κ1) is 12.9. The van der Waals surface area contributed by atoms with E-state index >= 15 is 0 Å². The van der Waals surface area contributed by atoms with E-state index in [-0.39, 0.29) is 0 Å². The second-order valence-corrected chi connectivity index (χ2v) is 4.64. The fourth-order valence-electron chi connectivity index (χ4n) is 2.08. The van der Waals surface area contributed by atoms with Crippen LogP contribution < -0.4 is 0 Å². The minimum absolute atomic E-state index is 0.329. The zero-order chi connectivity index (χ0) is 10.6. The number of methoxy groups -OCH3 is 1. The van der Waals surface area contributed by atoms with E-state index in [1.54, 1.807) is 0 Å². The molecule has 0 N–H and O–H groups in total. The molecule has 0 aromatic heterocycles. The minimum Gasteiger partial charge on any atom is -0.380 e. The Bertz CT molecular complexity index is 124. The van der Waals surface area contributed by atoms with Crippen LogP contribution >= 0.6 is 0 Å². The van der Waals surface area contributed by atoms with Gasteiger partial charge >= 0.3 is 0 Å². The molecule has 0 aliphatic rings. The van der Waals surface area contributed by atoms with Gasteiger partial charge in [0.25, 0.3) is 0 Å². The van der Waals surface area contributed by atoms with Crippen molar-refractivity contribution in [2.24, 2.45) is 11.8 Å². The number of likely N-dealkylation sites (N-methyl/N-ethyl adjacent to an activating group) is 1. The van der Waals surface area contributed by atoms with Gasteiger partial charge in [-0.25, -0.2) is 0 Å². The van der Waals surface area contributed by atoms with Crippen molar-refractivity contribution in [3.05, 3.63) is 0 Å². The van der Waals surface area contributed by atoms with Crippen molar-refractivity contribution in [1.29, 1.82) is 0 Å². The molecular formula is C11H25NO. The summed E-state index contributed by atoms with van der Waals surface area (Å²) in [6, 6.07) is 0.505. The van der Waals surface area contributed by atoms with Gasteiger partial charge in [-0.2, -0.15) is 0 Å². The lowest BCUT2D eigenvalue weighted by atomic mass is 9.90. The van der Waals surface area contributed by atoms with Crippen LogP contribution in [0.1, 0.15) is 27.7 Å². The highest BCUT2D eigenvalue weighted by atomic mass is 16.5. The van der Waals surface area contributed by atoms with Gasteiger partial charge in [0.05, 0.1) is 6.10 Å². The van der Waals surface area contributed by atoms with Crippen molar-refractivity contribution in [2.75, 3.05) is 21.2 Å². The molecule has 13 heavy (non-hydrogen) atoms. The first-order valence-corrected chi connectivity index (χ1v) is 5.11. The van der Waals surface area contributed by atoms with Crippen LogP contribution in [0.5, 0.6) is 0 Å². The Hall–Kier alpha value is -0.0800. The summed E-state index contributed by atoms with van der Waals surface area (Å²) >= 11 is 0. The van der Waals surface area contributed by atoms with Crippen LogP contribution in [0.2, 0.25) is 0 Å². The van der Waals surface area contributed by atoms with Crippen molar-refractivity contribution in [3.63, 3.8) is 0 Å². The predicted octanol–water partition coefficient (Wildman–Crippen LogP) is 2.24. The quantitative estimate of drug-likeness (QED) is 0.654. The van der Waals surface area contributed by atoms with E-state index in [4.69, 9.17) is 4.74 Å². The highest BCUT2D eigenvalue weighted by molar-refractivity contribution is 4.81. The SMILES string of the molecule is CO[C@H](C(C)C)[C@@H](C(C)C)N(C)C. The van der Waals surface area contributed by atoms with Crippen molar-refractivity contribution in [1.82, 2.24) is 4.90 Å². The monoisotopic (exact) mass is 187 g/mol.